The monoisotopic (exact) mass is 482 g/mol. The van der Waals surface area contributed by atoms with Crippen LogP contribution < -0.4 is 15.4 Å². The fourth-order valence-corrected chi connectivity index (χ4v) is 4.97. The third kappa shape index (κ3) is 4.84. The van der Waals surface area contributed by atoms with Gasteiger partial charge in [0.05, 0.1) is 5.52 Å². The van der Waals surface area contributed by atoms with Crippen LogP contribution in [-0.2, 0) is 4.79 Å². The van der Waals surface area contributed by atoms with Crippen LogP contribution in [0.2, 0.25) is 5.02 Å². The van der Waals surface area contributed by atoms with Crippen LogP contribution in [0, 0.1) is 0 Å². The van der Waals surface area contributed by atoms with Crippen molar-refractivity contribution in [1.29, 1.82) is 0 Å². The molecule has 4 heterocycles. The molecule has 2 N–H and O–H groups in total. The van der Waals surface area contributed by atoms with Crippen molar-refractivity contribution in [2.24, 2.45) is 0 Å². The van der Waals surface area contributed by atoms with Gasteiger partial charge in [-0.05, 0) is 41.8 Å². The molecule has 1 unspecified atom stereocenters. The molecule has 0 spiro atoms. The number of anilines is 2. The molecule has 0 radical (unpaired) electrons. The molecule has 0 bridgehead atoms. The number of allylic oxidation sites excluding steroid dienone is 1. The molecule has 1 atom stereocenters. The number of ether oxygens (including phenoxy) is 1. The van der Waals surface area contributed by atoms with Gasteiger partial charge < -0.3 is 20.3 Å². The van der Waals surface area contributed by atoms with Crippen LogP contribution in [0.25, 0.3) is 11.0 Å². The summed E-state index contributed by atoms with van der Waals surface area (Å²) in [5.74, 6) is 2.79. The second-order valence-electron chi connectivity index (χ2n) is 7.89. The highest BCUT2D eigenvalue weighted by Gasteiger charge is 2.25. The summed E-state index contributed by atoms with van der Waals surface area (Å²) < 4.78 is 5.60. The van der Waals surface area contributed by atoms with Gasteiger partial charge in [0.1, 0.15) is 11.3 Å². The van der Waals surface area contributed by atoms with Crippen molar-refractivity contribution in [2.75, 3.05) is 49.2 Å². The maximum absolute atomic E-state index is 12.6. The highest BCUT2D eigenvalue weighted by molar-refractivity contribution is 8.02. The molecule has 3 aromatic rings. The highest BCUT2D eigenvalue weighted by atomic mass is 35.5. The summed E-state index contributed by atoms with van der Waals surface area (Å²) in [6, 6.07) is 10.9. The Morgan fingerprint density at radius 1 is 1.09 bits per heavy atom. The smallest absolute Gasteiger partial charge is 0.260 e. The quantitative estimate of drug-likeness (QED) is 0.591. The molecule has 5 rings (SSSR count). The van der Waals surface area contributed by atoms with Crippen LogP contribution in [-0.4, -0.2) is 64.3 Å². The number of thioether (sulfide) groups is 1. The molecule has 2 aliphatic heterocycles. The van der Waals surface area contributed by atoms with Crippen molar-refractivity contribution in [1.82, 2.24) is 19.9 Å². The number of hydrogen-bond acceptors (Lipinski definition) is 8. The number of halogens is 1. The first-order valence-electron chi connectivity index (χ1n) is 10.7. The van der Waals surface area contributed by atoms with Gasteiger partial charge in [-0.25, -0.2) is 9.97 Å². The van der Waals surface area contributed by atoms with Gasteiger partial charge in [-0.1, -0.05) is 17.7 Å². The summed E-state index contributed by atoms with van der Waals surface area (Å²) in [6.45, 7) is 2.38. The van der Waals surface area contributed by atoms with E-state index in [0.717, 1.165) is 28.3 Å². The summed E-state index contributed by atoms with van der Waals surface area (Å²) in [5.41, 5.74) is 8.47. The molecule has 33 heavy (non-hydrogen) atoms. The van der Waals surface area contributed by atoms with Gasteiger partial charge in [-0.3, -0.25) is 4.79 Å². The summed E-state index contributed by atoms with van der Waals surface area (Å²) in [4.78, 5) is 30.3. The van der Waals surface area contributed by atoms with Crippen LogP contribution in [0.1, 0.15) is 11.6 Å². The number of piperazine rings is 1. The molecular formula is C23H23ClN6O2S. The molecular weight excluding hydrogens is 460 g/mol. The fraction of sp³-hybridized carbons (Fsp3) is 0.304. The number of nitrogens with zero attached hydrogens (tertiary/aromatic N) is 5. The summed E-state index contributed by atoms with van der Waals surface area (Å²) in [6.07, 6.45) is 2.17. The first kappa shape index (κ1) is 21.8. The number of benzene rings is 1. The second kappa shape index (κ2) is 9.44. The zero-order valence-corrected chi connectivity index (χ0v) is 19.4. The number of carbonyl (C=O) groups is 1. The molecule has 0 aliphatic carbocycles. The van der Waals surface area contributed by atoms with Gasteiger partial charge in [-0.2, -0.15) is 4.98 Å². The normalized spacial score (nSPS) is 18.2. The molecule has 0 saturated carbocycles. The number of rotatable bonds is 5. The minimum atomic E-state index is -0.0532. The standard InChI is InChI=1S/C23H23ClN6O2S/c24-16-1-3-17(4-2-16)32-13-20(31)29-8-10-30(11-9-29)22-21-19(27-23(25)28-22)6-5-18(26-21)15-7-12-33-14-15/h1-7,12,15H,8-11,13-14H2,(H2,25,27,28). The number of fused-ring (bicyclic) bond motifs is 1. The topological polar surface area (TPSA) is 97.5 Å². The van der Waals surface area contributed by atoms with Crippen molar-refractivity contribution in [3.05, 3.63) is 58.6 Å². The first-order chi connectivity index (χ1) is 16.1. The van der Waals surface area contributed by atoms with E-state index in [1.807, 2.05) is 12.1 Å². The van der Waals surface area contributed by atoms with Crippen molar-refractivity contribution in [3.8, 4) is 5.75 Å². The number of amides is 1. The number of hydrogen-bond donors (Lipinski definition) is 1. The maximum Gasteiger partial charge on any atom is 0.260 e. The highest BCUT2D eigenvalue weighted by Crippen LogP contribution is 2.31. The number of pyridine rings is 1. The van der Waals surface area contributed by atoms with E-state index in [4.69, 9.17) is 27.1 Å². The molecule has 2 aromatic heterocycles. The lowest BCUT2D eigenvalue weighted by atomic mass is 10.1. The molecule has 1 aromatic carbocycles. The lowest BCUT2D eigenvalue weighted by Gasteiger charge is -2.35. The third-order valence-electron chi connectivity index (χ3n) is 5.73. The summed E-state index contributed by atoms with van der Waals surface area (Å²) in [7, 11) is 0. The number of nitrogens with two attached hydrogens (primary N) is 1. The third-order valence-corrected chi connectivity index (χ3v) is 6.89. The minimum absolute atomic E-state index is 0.0111. The lowest BCUT2D eigenvalue weighted by Crippen LogP contribution is -2.50. The van der Waals surface area contributed by atoms with Crippen molar-refractivity contribution in [2.45, 2.75) is 5.92 Å². The van der Waals surface area contributed by atoms with Crippen molar-refractivity contribution < 1.29 is 9.53 Å². The van der Waals surface area contributed by atoms with Crippen LogP contribution in [0.15, 0.2) is 47.9 Å². The Kier molecular flexibility index (Phi) is 6.24. The molecule has 8 nitrogen and oxygen atoms in total. The second-order valence-corrected chi connectivity index (χ2v) is 9.26. The van der Waals surface area contributed by atoms with E-state index in [2.05, 4.69) is 26.4 Å². The van der Waals surface area contributed by atoms with Crippen molar-refractivity contribution in [3.63, 3.8) is 0 Å². The predicted molar refractivity (Wildman–Crippen MR) is 132 cm³/mol. The van der Waals surface area contributed by atoms with Crippen LogP contribution in [0.4, 0.5) is 11.8 Å². The Morgan fingerprint density at radius 3 is 2.61 bits per heavy atom. The molecule has 2 aliphatic rings. The van der Waals surface area contributed by atoms with E-state index in [1.54, 1.807) is 40.9 Å². The summed E-state index contributed by atoms with van der Waals surface area (Å²) in [5, 5.41) is 2.74. The van der Waals surface area contributed by atoms with Gasteiger partial charge in [0, 0.05) is 48.6 Å². The maximum atomic E-state index is 12.6. The van der Waals surface area contributed by atoms with Gasteiger partial charge >= 0.3 is 0 Å². The van der Waals surface area contributed by atoms with Crippen LogP contribution in [0.5, 0.6) is 5.75 Å². The average molecular weight is 483 g/mol. The van der Waals surface area contributed by atoms with Gasteiger partial charge in [-0.15, -0.1) is 11.8 Å². The first-order valence-corrected chi connectivity index (χ1v) is 12.1. The summed E-state index contributed by atoms with van der Waals surface area (Å²) >= 11 is 7.67. The van der Waals surface area contributed by atoms with E-state index in [9.17, 15) is 4.79 Å². The lowest BCUT2D eigenvalue weighted by molar-refractivity contribution is -0.133. The number of aromatic nitrogens is 3. The van der Waals surface area contributed by atoms with Gasteiger partial charge in [0.15, 0.2) is 12.4 Å². The fourth-order valence-electron chi connectivity index (χ4n) is 3.94. The average Bonchev–Trinajstić information content (AvgIpc) is 3.38. The van der Waals surface area contributed by atoms with E-state index in [0.29, 0.717) is 42.9 Å². The minimum Gasteiger partial charge on any atom is -0.484 e. The Labute approximate surface area is 200 Å². The predicted octanol–water partition coefficient (Wildman–Crippen LogP) is 3.33. The van der Waals surface area contributed by atoms with E-state index >= 15 is 0 Å². The Hall–Kier alpha value is -3.04. The molecule has 170 valence electrons. The van der Waals surface area contributed by atoms with Crippen molar-refractivity contribution >= 4 is 52.1 Å². The zero-order valence-electron chi connectivity index (χ0n) is 17.9. The molecule has 1 saturated heterocycles. The van der Waals surface area contributed by atoms with Crippen LogP contribution >= 0.6 is 23.4 Å². The Bertz CT molecular complexity index is 1200. The molecule has 1 amide bonds. The zero-order chi connectivity index (χ0) is 22.8. The van der Waals surface area contributed by atoms with E-state index in [-0.39, 0.29) is 18.5 Å². The molecule has 1 fully saturated rings. The van der Waals surface area contributed by atoms with Gasteiger partial charge in [0.2, 0.25) is 5.95 Å². The molecule has 10 heteroatoms. The van der Waals surface area contributed by atoms with Gasteiger partial charge in [0.25, 0.3) is 5.91 Å². The number of nitrogen functional groups attached to an aromatic ring is 1. The number of carbonyl (C=O) groups excluding carboxylic acids is 1. The van der Waals surface area contributed by atoms with E-state index < -0.39 is 0 Å². The Balaban J connectivity index is 1.27. The Morgan fingerprint density at radius 2 is 1.88 bits per heavy atom. The van der Waals surface area contributed by atoms with E-state index in [1.165, 1.54) is 0 Å². The van der Waals surface area contributed by atoms with Crippen LogP contribution in [0.3, 0.4) is 0 Å². The largest absolute Gasteiger partial charge is 0.484 e. The SMILES string of the molecule is Nc1nc(N2CCN(C(=O)COc3ccc(Cl)cc3)CC2)c2nc(C3C=CSC3)ccc2n1.